The summed E-state index contributed by atoms with van der Waals surface area (Å²) in [5, 5.41) is 0. The van der Waals surface area contributed by atoms with Crippen molar-refractivity contribution in [1.29, 1.82) is 0 Å². The van der Waals surface area contributed by atoms with Crippen molar-refractivity contribution in [2.45, 2.75) is 6.54 Å². The van der Waals surface area contributed by atoms with Gasteiger partial charge in [-0.1, -0.05) is 30.3 Å². The molecule has 32 heavy (non-hydrogen) atoms. The highest BCUT2D eigenvalue weighted by atomic mass is 19.2. The first-order valence-electron chi connectivity index (χ1n) is 10.0. The van der Waals surface area contributed by atoms with Gasteiger partial charge in [0.05, 0.1) is 0 Å². The smallest absolute Gasteiger partial charge is 0.187 e. The second kappa shape index (κ2) is 9.32. The van der Waals surface area contributed by atoms with Gasteiger partial charge in [-0.05, 0) is 65.2 Å². The molecule has 0 N–H and O–H groups in total. The molecule has 0 aromatic heterocycles. The van der Waals surface area contributed by atoms with Crippen molar-refractivity contribution in [3.63, 3.8) is 0 Å². The van der Waals surface area contributed by atoms with Crippen molar-refractivity contribution in [3.05, 3.63) is 118 Å². The van der Waals surface area contributed by atoms with Crippen LogP contribution in [-0.4, -0.2) is 23.8 Å². The summed E-state index contributed by atoms with van der Waals surface area (Å²) in [4.78, 5) is 15.1. The third-order valence-corrected chi connectivity index (χ3v) is 5.18. The van der Waals surface area contributed by atoms with Crippen molar-refractivity contribution in [2.75, 3.05) is 13.1 Å². The average molecular weight is 437 g/mol. The zero-order valence-electron chi connectivity index (χ0n) is 17.0. The number of ketones is 1. The quantitative estimate of drug-likeness (QED) is 0.380. The molecular weight excluding hydrogens is 418 g/mol. The number of carbonyl (C=O) groups excluding carboxylic acids is 1. The van der Waals surface area contributed by atoms with Crippen molar-refractivity contribution in [3.8, 4) is 0 Å². The highest BCUT2D eigenvalue weighted by Gasteiger charge is 2.26. The van der Waals surface area contributed by atoms with E-state index < -0.39 is 11.6 Å². The van der Waals surface area contributed by atoms with Crippen LogP contribution in [0.1, 0.15) is 16.7 Å². The minimum absolute atomic E-state index is 0.166. The zero-order valence-corrected chi connectivity index (χ0v) is 17.0. The van der Waals surface area contributed by atoms with Crippen molar-refractivity contribution in [2.24, 2.45) is 0 Å². The van der Waals surface area contributed by atoms with Crippen LogP contribution < -0.4 is 0 Å². The molecular formula is C26H19F4NO. The van der Waals surface area contributed by atoms with E-state index in [9.17, 15) is 22.4 Å². The molecule has 162 valence electrons. The summed E-state index contributed by atoms with van der Waals surface area (Å²) in [6, 6.07) is 15.3. The molecule has 1 saturated heterocycles. The number of likely N-dealkylation sites (tertiary alicyclic amines) is 1. The van der Waals surface area contributed by atoms with Gasteiger partial charge in [-0.3, -0.25) is 9.69 Å². The molecule has 6 heteroatoms. The standard InChI is InChI=1S/C26H19F4NO/c27-22-6-1-17(2-7-22)11-20-15-31(14-19-5-10-24(29)25(30)13-19)16-21(26(20)32)12-18-3-8-23(28)9-4-18/h1-13H,14-16H2/b20-11-,21-12-. The van der Waals surface area contributed by atoms with E-state index in [4.69, 9.17) is 0 Å². The SMILES string of the molecule is O=C1/C(=C\c2ccc(F)cc2)CN(Cc2ccc(F)c(F)c2)C/C1=C/c1ccc(F)cc1. The van der Waals surface area contributed by atoms with Crippen LogP contribution in [0.5, 0.6) is 0 Å². The number of hydrogen-bond donors (Lipinski definition) is 0. The number of benzene rings is 3. The molecule has 0 unspecified atom stereocenters. The third-order valence-electron chi connectivity index (χ3n) is 5.18. The largest absolute Gasteiger partial charge is 0.290 e. The monoisotopic (exact) mass is 437 g/mol. The first-order valence-corrected chi connectivity index (χ1v) is 10.0. The van der Waals surface area contributed by atoms with Gasteiger partial charge in [0.1, 0.15) is 11.6 Å². The lowest BCUT2D eigenvalue weighted by atomic mass is 9.94. The van der Waals surface area contributed by atoms with E-state index in [-0.39, 0.29) is 30.5 Å². The molecule has 1 aliphatic rings. The highest BCUT2D eigenvalue weighted by Crippen LogP contribution is 2.24. The average Bonchev–Trinajstić information content (AvgIpc) is 2.77. The Kier molecular flexibility index (Phi) is 6.32. The molecule has 3 aromatic carbocycles. The van der Waals surface area contributed by atoms with Crippen LogP contribution in [0, 0.1) is 23.3 Å². The van der Waals surface area contributed by atoms with Crippen molar-refractivity contribution < 1.29 is 22.4 Å². The summed E-state index contributed by atoms with van der Waals surface area (Å²) in [7, 11) is 0. The summed E-state index contributed by atoms with van der Waals surface area (Å²) in [5.41, 5.74) is 2.88. The van der Waals surface area contributed by atoms with Crippen LogP contribution >= 0.6 is 0 Å². The number of rotatable bonds is 4. The molecule has 1 aliphatic heterocycles. The topological polar surface area (TPSA) is 20.3 Å². The van der Waals surface area contributed by atoms with E-state index in [1.165, 1.54) is 30.3 Å². The Morgan fingerprint density at radius 3 is 1.66 bits per heavy atom. The Bertz CT molecular complexity index is 1130. The van der Waals surface area contributed by atoms with Gasteiger partial charge in [0.2, 0.25) is 0 Å². The van der Waals surface area contributed by atoms with Crippen LogP contribution in [-0.2, 0) is 11.3 Å². The summed E-state index contributed by atoms with van der Waals surface area (Å²) in [6.07, 6.45) is 3.38. The van der Waals surface area contributed by atoms with Gasteiger partial charge in [0.25, 0.3) is 0 Å². The fourth-order valence-electron chi connectivity index (χ4n) is 3.64. The molecule has 4 rings (SSSR count). The normalized spacial score (nSPS) is 17.3. The van der Waals surface area contributed by atoms with Gasteiger partial charge in [0.15, 0.2) is 17.4 Å². The van der Waals surface area contributed by atoms with Gasteiger partial charge >= 0.3 is 0 Å². The van der Waals surface area contributed by atoms with E-state index in [1.54, 1.807) is 36.4 Å². The lowest BCUT2D eigenvalue weighted by molar-refractivity contribution is -0.113. The second-order valence-corrected chi connectivity index (χ2v) is 7.67. The molecule has 0 spiro atoms. The van der Waals surface area contributed by atoms with Gasteiger partial charge in [-0.15, -0.1) is 0 Å². The van der Waals surface area contributed by atoms with E-state index in [0.717, 1.165) is 12.1 Å². The fourth-order valence-corrected chi connectivity index (χ4v) is 3.64. The predicted molar refractivity (Wildman–Crippen MR) is 115 cm³/mol. The second-order valence-electron chi connectivity index (χ2n) is 7.67. The number of carbonyl (C=O) groups is 1. The summed E-state index contributed by atoms with van der Waals surface area (Å²) in [5.74, 6) is -2.77. The highest BCUT2D eigenvalue weighted by molar-refractivity contribution is 6.14. The lowest BCUT2D eigenvalue weighted by Gasteiger charge is -2.30. The Morgan fingerprint density at radius 2 is 1.19 bits per heavy atom. The van der Waals surface area contributed by atoms with Gasteiger partial charge in [-0.2, -0.15) is 0 Å². The number of piperidine rings is 1. The minimum Gasteiger partial charge on any atom is -0.290 e. The van der Waals surface area contributed by atoms with Crippen molar-refractivity contribution >= 4 is 17.9 Å². The van der Waals surface area contributed by atoms with Gasteiger partial charge in [0, 0.05) is 30.8 Å². The lowest BCUT2D eigenvalue weighted by Crippen LogP contribution is -2.37. The predicted octanol–water partition coefficient (Wildman–Crippen LogP) is 5.79. The molecule has 0 radical (unpaired) electrons. The van der Waals surface area contributed by atoms with E-state index >= 15 is 0 Å². The molecule has 0 saturated carbocycles. The van der Waals surface area contributed by atoms with Crippen molar-refractivity contribution in [1.82, 2.24) is 4.90 Å². The van der Waals surface area contributed by atoms with Crippen LogP contribution in [0.15, 0.2) is 77.9 Å². The van der Waals surface area contributed by atoms with Gasteiger partial charge < -0.3 is 0 Å². The maximum absolute atomic E-state index is 13.7. The summed E-state index contributed by atoms with van der Waals surface area (Å²) in [6.45, 7) is 0.873. The number of Topliss-reactive ketones (excluding diaryl/α,β-unsaturated/α-hetero) is 1. The molecule has 1 fully saturated rings. The molecule has 0 amide bonds. The number of nitrogens with zero attached hydrogens (tertiary/aromatic N) is 1. The van der Waals surface area contributed by atoms with Crippen LogP contribution in [0.25, 0.3) is 12.2 Å². The first kappa shape index (κ1) is 21.7. The molecule has 0 aliphatic carbocycles. The van der Waals surface area contributed by atoms with E-state index in [1.807, 2.05) is 4.90 Å². The maximum atomic E-state index is 13.7. The number of hydrogen-bond acceptors (Lipinski definition) is 2. The van der Waals surface area contributed by atoms with Crippen LogP contribution in [0.3, 0.4) is 0 Å². The molecule has 1 heterocycles. The van der Waals surface area contributed by atoms with E-state index in [2.05, 4.69) is 0 Å². The Balaban J connectivity index is 1.67. The van der Waals surface area contributed by atoms with Crippen LogP contribution in [0.4, 0.5) is 17.6 Å². The molecule has 2 nitrogen and oxygen atoms in total. The maximum Gasteiger partial charge on any atom is 0.187 e. The Labute approximate surface area is 183 Å². The zero-order chi connectivity index (χ0) is 22.7. The van der Waals surface area contributed by atoms with Gasteiger partial charge in [-0.25, -0.2) is 17.6 Å². The fraction of sp³-hybridized carbons (Fsp3) is 0.115. The molecule has 0 atom stereocenters. The Morgan fingerprint density at radius 1 is 0.688 bits per heavy atom. The molecule has 3 aromatic rings. The number of halogens is 4. The minimum atomic E-state index is -0.931. The van der Waals surface area contributed by atoms with E-state index in [0.29, 0.717) is 34.4 Å². The summed E-state index contributed by atoms with van der Waals surface area (Å²) >= 11 is 0. The van der Waals surface area contributed by atoms with Crippen LogP contribution in [0.2, 0.25) is 0 Å². The molecule has 0 bridgehead atoms. The summed E-state index contributed by atoms with van der Waals surface area (Å²) < 4.78 is 53.4. The first-order chi connectivity index (χ1) is 15.4. The Hall–Kier alpha value is -3.51. The third kappa shape index (κ3) is 5.21.